The van der Waals surface area contributed by atoms with Crippen molar-refractivity contribution in [1.29, 1.82) is 0 Å². The summed E-state index contributed by atoms with van der Waals surface area (Å²) in [6.45, 7) is 0. The molecule has 0 heterocycles. The largest absolute Gasteiger partial charge is 0.480 e. The Hall–Kier alpha value is -1.95. The second-order valence-electron chi connectivity index (χ2n) is 3.60. The number of carbonyl (C=O) groups is 1. The molecule has 0 bridgehead atoms. The van der Waals surface area contributed by atoms with Crippen LogP contribution in [0.5, 0.6) is 0 Å². The molecule has 6 nitrogen and oxygen atoms in total. The maximum absolute atomic E-state index is 13.2. The van der Waals surface area contributed by atoms with Gasteiger partial charge in [0.25, 0.3) is 0 Å². The first kappa shape index (κ1) is 15.1. The summed E-state index contributed by atoms with van der Waals surface area (Å²) in [7, 11) is -3.80. The second kappa shape index (κ2) is 5.79. The zero-order valence-corrected chi connectivity index (χ0v) is 10.4. The van der Waals surface area contributed by atoms with Crippen LogP contribution in [0, 0.1) is 11.8 Å². The van der Waals surface area contributed by atoms with Crippen LogP contribution in [0.15, 0.2) is 29.2 Å². The molecule has 19 heavy (non-hydrogen) atoms. The quantitative estimate of drug-likeness (QED) is 0.642. The molecule has 5 N–H and O–H groups in total. The number of hydrogen-bond acceptors (Lipinski definition) is 4. The van der Waals surface area contributed by atoms with E-state index in [0.717, 1.165) is 0 Å². The zero-order chi connectivity index (χ0) is 14.6. The third-order valence-electron chi connectivity index (χ3n) is 2.14. The summed E-state index contributed by atoms with van der Waals surface area (Å²) in [6, 6.07) is 3.35. The van der Waals surface area contributed by atoms with Crippen LogP contribution >= 0.6 is 0 Å². The first-order chi connectivity index (χ1) is 8.71. The molecule has 1 rings (SSSR count). The van der Waals surface area contributed by atoms with Crippen LogP contribution in [-0.2, 0) is 14.8 Å². The Morgan fingerprint density at radius 2 is 1.84 bits per heavy atom. The normalized spacial score (nSPS) is 14.1. The summed E-state index contributed by atoms with van der Waals surface area (Å²) in [5, 5.41) is 13.4. The summed E-state index contributed by atoms with van der Waals surface area (Å²) < 4.78 is 35.2. The minimum Gasteiger partial charge on any atom is -0.480 e. The number of carboxylic acid groups (broad SMARTS) is 1. The van der Waals surface area contributed by atoms with E-state index in [1.54, 1.807) is 0 Å². The zero-order valence-electron chi connectivity index (χ0n) is 9.58. The van der Waals surface area contributed by atoms with Gasteiger partial charge in [0, 0.05) is 5.56 Å². The lowest BCUT2D eigenvalue weighted by Gasteiger charge is -2.04. The summed E-state index contributed by atoms with van der Waals surface area (Å²) in [6.07, 6.45) is -2.02. The number of sulfonamides is 1. The van der Waals surface area contributed by atoms with E-state index in [-0.39, 0.29) is 4.90 Å². The van der Waals surface area contributed by atoms with E-state index in [2.05, 4.69) is 5.92 Å². The average Bonchev–Trinajstić information content (AvgIpc) is 2.34. The number of rotatable bonds is 3. The van der Waals surface area contributed by atoms with Crippen molar-refractivity contribution in [3.05, 3.63) is 29.8 Å². The Morgan fingerprint density at radius 3 is 2.26 bits per heavy atom. The van der Waals surface area contributed by atoms with E-state index in [1.165, 1.54) is 24.3 Å². The lowest BCUT2D eigenvalue weighted by Crippen LogP contribution is -2.38. The van der Waals surface area contributed by atoms with Crippen LogP contribution < -0.4 is 10.9 Å². The van der Waals surface area contributed by atoms with Crippen LogP contribution in [0.2, 0.25) is 0 Å². The van der Waals surface area contributed by atoms with Crippen molar-refractivity contribution in [2.24, 2.45) is 10.9 Å². The van der Waals surface area contributed by atoms with Crippen molar-refractivity contribution in [3.63, 3.8) is 0 Å². The van der Waals surface area contributed by atoms with Gasteiger partial charge in [0.05, 0.1) is 4.90 Å². The van der Waals surface area contributed by atoms with Gasteiger partial charge in [-0.05, 0) is 24.3 Å². The van der Waals surface area contributed by atoms with E-state index in [9.17, 15) is 17.6 Å². The molecule has 0 unspecified atom stereocenters. The maximum Gasteiger partial charge on any atom is 0.324 e. The van der Waals surface area contributed by atoms with Gasteiger partial charge in [-0.25, -0.2) is 17.9 Å². The highest BCUT2D eigenvalue weighted by Gasteiger charge is 2.21. The van der Waals surface area contributed by atoms with E-state index in [0.29, 0.717) is 5.56 Å². The van der Waals surface area contributed by atoms with Crippen molar-refractivity contribution in [2.75, 3.05) is 0 Å². The number of carboxylic acids is 1. The molecule has 2 atom stereocenters. The lowest BCUT2D eigenvalue weighted by atomic mass is 10.1. The second-order valence-corrected chi connectivity index (χ2v) is 5.17. The highest BCUT2D eigenvalue weighted by Crippen LogP contribution is 2.08. The fourth-order valence-corrected chi connectivity index (χ4v) is 1.61. The molecule has 0 saturated heterocycles. The molecule has 0 spiro atoms. The summed E-state index contributed by atoms with van der Waals surface area (Å²) in [5.41, 5.74) is 5.35. The number of aliphatic carboxylic acids is 1. The van der Waals surface area contributed by atoms with Gasteiger partial charge in [0.15, 0.2) is 6.17 Å². The third kappa shape index (κ3) is 4.33. The van der Waals surface area contributed by atoms with E-state index >= 15 is 0 Å². The van der Waals surface area contributed by atoms with Crippen molar-refractivity contribution in [1.82, 2.24) is 0 Å². The molecule has 0 saturated carbocycles. The first-order valence-electron chi connectivity index (χ1n) is 4.98. The maximum atomic E-state index is 13.2. The van der Waals surface area contributed by atoms with Gasteiger partial charge in [-0.1, -0.05) is 11.8 Å². The molecular weight excluding hydrogens is 275 g/mol. The number of nitrogens with two attached hydrogens (primary N) is 2. The molecule has 8 heteroatoms. The highest BCUT2D eigenvalue weighted by atomic mass is 32.2. The van der Waals surface area contributed by atoms with Crippen LogP contribution in [0.25, 0.3) is 0 Å². The first-order valence-corrected chi connectivity index (χ1v) is 6.53. The molecular formula is C11H11FN2O4S. The minimum atomic E-state index is -3.80. The van der Waals surface area contributed by atoms with Gasteiger partial charge in [0.1, 0.15) is 6.04 Å². The Bertz CT molecular complexity index is 631. The minimum absolute atomic E-state index is 0.0999. The van der Waals surface area contributed by atoms with Crippen LogP contribution in [0.1, 0.15) is 5.56 Å². The SMILES string of the molecule is N[C@@H](C(=O)O)[C@H](F)C#Cc1ccc(S(N)(=O)=O)cc1. The Morgan fingerprint density at radius 1 is 1.32 bits per heavy atom. The number of primary sulfonamides is 1. The molecule has 1 aromatic carbocycles. The van der Waals surface area contributed by atoms with E-state index in [4.69, 9.17) is 16.0 Å². The van der Waals surface area contributed by atoms with E-state index in [1.807, 2.05) is 5.92 Å². The molecule has 0 aliphatic carbocycles. The monoisotopic (exact) mass is 286 g/mol. The summed E-state index contributed by atoms with van der Waals surface area (Å²) >= 11 is 0. The lowest BCUT2D eigenvalue weighted by molar-refractivity contribution is -0.139. The molecule has 0 aliphatic heterocycles. The van der Waals surface area contributed by atoms with Gasteiger partial charge >= 0.3 is 5.97 Å². The summed E-state index contributed by atoms with van der Waals surface area (Å²) in [5.74, 6) is 2.90. The fraction of sp³-hybridized carbons (Fsp3) is 0.182. The van der Waals surface area contributed by atoms with Gasteiger partial charge < -0.3 is 10.8 Å². The Kier molecular flexibility index (Phi) is 4.61. The summed E-state index contributed by atoms with van der Waals surface area (Å²) in [4.78, 5) is 10.3. The molecule has 0 amide bonds. The van der Waals surface area contributed by atoms with Crippen LogP contribution in [0.4, 0.5) is 4.39 Å². The molecule has 0 aromatic heterocycles. The molecule has 102 valence electrons. The predicted octanol–water partition coefficient (Wildman–Crippen LogP) is -0.564. The van der Waals surface area contributed by atoms with Crippen LogP contribution in [0.3, 0.4) is 0 Å². The Balaban J connectivity index is 2.88. The fourth-order valence-electron chi connectivity index (χ4n) is 1.10. The van der Waals surface area contributed by atoms with Crippen molar-refractivity contribution in [2.45, 2.75) is 17.1 Å². The standard InChI is InChI=1S/C11H11FN2O4S/c12-9(10(13)11(15)16)6-3-7-1-4-8(5-2-7)19(14,17)18/h1-2,4-5,9-10H,13H2,(H,15,16)(H2,14,17,18)/t9-,10-/m1/s1. The van der Waals surface area contributed by atoms with Crippen LogP contribution in [-0.4, -0.2) is 31.7 Å². The average molecular weight is 286 g/mol. The number of halogens is 1. The number of hydrogen-bond donors (Lipinski definition) is 3. The van der Waals surface area contributed by atoms with Crippen molar-refractivity contribution in [3.8, 4) is 11.8 Å². The smallest absolute Gasteiger partial charge is 0.324 e. The molecule has 1 aromatic rings. The van der Waals surface area contributed by atoms with Gasteiger partial charge in [0.2, 0.25) is 10.0 Å². The highest BCUT2D eigenvalue weighted by molar-refractivity contribution is 7.89. The molecule has 0 aliphatic rings. The van der Waals surface area contributed by atoms with Gasteiger partial charge in [-0.2, -0.15) is 0 Å². The van der Waals surface area contributed by atoms with Crippen molar-refractivity contribution < 1.29 is 22.7 Å². The molecule has 0 radical (unpaired) electrons. The number of alkyl halides is 1. The predicted molar refractivity (Wildman–Crippen MR) is 65.2 cm³/mol. The molecule has 0 fully saturated rings. The topological polar surface area (TPSA) is 123 Å². The third-order valence-corrected chi connectivity index (χ3v) is 3.07. The van der Waals surface area contributed by atoms with Crippen molar-refractivity contribution >= 4 is 16.0 Å². The Labute approximate surface area is 109 Å². The number of benzene rings is 1. The van der Waals surface area contributed by atoms with Gasteiger partial charge in [-0.15, -0.1) is 0 Å². The van der Waals surface area contributed by atoms with Gasteiger partial charge in [-0.3, -0.25) is 4.79 Å². The van der Waals surface area contributed by atoms with E-state index < -0.39 is 28.2 Å².